The molecule has 0 atom stereocenters. The van der Waals surface area contributed by atoms with E-state index in [2.05, 4.69) is 5.32 Å². The summed E-state index contributed by atoms with van der Waals surface area (Å²) in [7, 11) is 1.53. The average molecular weight is 364 g/mol. The molecular formula is C18H24N2O6. The number of carbonyl (C=O) groups is 2. The Morgan fingerprint density at radius 3 is 2.46 bits per heavy atom. The van der Waals surface area contributed by atoms with Crippen LogP contribution in [0.15, 0.2) is 24.3 Å². The lowest BCUT2D eigenvalue weighted by molar-refractivity contribution is -0.187. The third-order valence-corrected chi connectivity index (χ3v) is 4.56. The highest BCUT2D eigenvalue weighted by atomic mass is 16.7. The topological polar surface area (TPSA) is 86.3 Å². The van der Waals surface area contributed by atoms with E-state index in [4.69, 9.17) is 18.9 Å². The lowest BCUT2D eigenvalue weighted by Crippen LogP contribution is -2.50. The molecule has 8 heteroatoms. The third-order valence-electron chi connectivity index (χ3n) is 4.56. The van der Waals surface area contributed by atoms with Crippen LogP contribution in [0.25, 0.3) is 0 Å². The summed E-state index contributed by atoms with van der Waals surface area (Å²) in [4.78, 5) is 25.9. The number of nitrogens with zero attached hydrogens (tertiary/aromatic N) is 1. The fourth-order valence-corrected chi connectivity index (χ4v) is 3.10. The second kappa shape index (κ2) is 8.37. The van der Waals surface area contributed by atoms with Gasteiger partial charge in [-0.05, 0) is 12.1 Å². The van der Waals surface area contributed by atoms with Gasteiger partial charge in [0.05, 0.1) is 26.9 Å². The molecule has 0 unspecified atom stereocenters. The van der Waals surface area contributed by atoms with Crippen LogP contribution in [-0.2, 0) is 19.1 Å². The predicted molar refractivity (Wildman–Crippen MR) is 91.9 cm³/mol. The van der Waals surface area contributed by atoms with Crippen molar-refractivity contribution in [1.82, 2.24) is 10.2 Å². The molecule has 0 bridgehead atoms. The van der Waals surface area contributed by atoms with Gasteiger partial charge in [-0.25, -0.2) is 0 Å². The molecule has 3 rings (SSSR count). The third kappa shape index (κ3) is 4.44. The van der Waals surface area contributed by atoms with Gasteiger partial charge in [-0.1, -0.05) is 12.1 Å². The lowest BCUT2D eigenvalue weighted by atomic mass is 10.0. The van der Waals surface area contributed by atoms with Gasteiger partial charge in [-0.15, -0.1) is 0 Å². The van der Waals surface area contributed by atoms with Crippen LogP contribution < -0.4 is 14.8 Å². The summed E-state index contributed by atoms with van der Waals surface area (Å²) in [5.41, 5.74) is 0. The molecule has 0 aliphatic carbocycles. The number of nitrogens with one attached hydrogen (secondary N) is 1. The van der Waals surface area contributed by atoms with Gasteiger partial charge in [0.15, 0.2) is 23.9 Å². The molecule has 2 heterocycles. The zero-order valence-corrected chi connectivity index (χ0v) is 14.9. The summed E-state index contributed by atoms with van der Waals surface area (Å²) < 4.78 is 21.9. The number of likely N-dealkylation sites (tertiary alicyclic amines) is 1. The van der Waals surface area contributed by atoms with Gasteiger partial charge in [-0.2, -0.15) is 0 Å². The van der Waals surface area contributed by atoms with Crippen molar-refractivity contribution in [1.29, 1.82) is 0 Å². The average Bonchev–Trinajstić information content (AvgIpc) is 3.13. The summed E-state index contributed by atoms with van der Waals surface area (Å²) in [5.74, 6) is 0.0378. The predicted octanol–water partition coefficient (Wildman–Crippen LogP) is 0.556. The van der Waals surface area contributed by atoms with Gasteiger partial charge >= 0.3 is 0 Å². The van der Waals surface area contributed by atoms with Gasteiger partial charge in [0.2, 0.25) is 5.91 Å². The summed E-state index contributed by atoms with van der Waals surface area (Å²) >= 11 is 0. The number of ether oxygens (including phenoxy) is 4. The second-order valence-corrected chi connectivity index (χ2v) is 6.20. The maximum absolute atomic E-state index is 12.2. The van der Waals surface area contributed by atoms with Crippen LogP contribution >= 0.6 is 0 Å². The van der Waals surface area contributed by atoms with E-state index in [-0.39, 0.29) is 25.0 Å². The molecule has 2 amide bonds. The molecule has 142 valence electrons. The summed E-state index contributed by atoms with van der Waals surface area (Å²) in [6, 6.07) is 7.07. The highest BCUT2D eigenvalue weighted by Gasteiger charge is 2.40. The minimum absolute atomic E-state index is 0.0527. The standard InChI is InChI=1S/C18H24N2O6/c1-23-14-4-2-3-5-15(14)24-13-16(21)19-12-17(22)20-8-6-18(7-9-20)25-10-11-26-18/h2-5H,6-13H2,1H3,(H,19,21). The van der Waals surface area contributed by atoms with E-state index in [9.17, 15) is 9.59 Å². The molecule has 0 radical (unpaired) electrons. The Morgan fingerprint density at radius 2 is 1.81 bits per heavy atom. The van der Waals surface area contributed by atoms with Gasteiger partial charge in [-0.3, -0.25) is 9.59 Å². The van der Waals surface area contributed by atoms with E-state index in [0.717, 1.165) is 0 Å². The number of benzene rings is 1. The Labute approximate surface area is 152 Å². The van der Waals surface area contributed by atoms with Crippen LogP contribution in [0.4, 0.5) is 0 Å². The van der Waals surface area contributed by atoms with Crippen molar-refractivity contribution < 1.29 is 28.5 Å². The SMILES string of the molecule is COc1ccccc1OCC(=O)NCC(=O)N1CCC2(CC1)OCCO2. The first-order valence-corrected chi connectivity index (χ1v) is 8.70. The Kier molecular flexibility index (Phi) is 5.95. The largest absolute Gasteiger partial charge is 0.493 e. The van der Waals surface area contributed by atoms with Crippen molar-refractivity contribution in [3.63, 3.8) is 0 Å². The number of carbonyl (C=O) groups excluding carboxylic acids is 2. The van der Waals surface area contributed by atoms with Crippen LogP contribution in [-0.4, -0.2) is 69.1 Å². The number of amides is 2. The Hall–Kier alpha value is -2.32. The summed E-state index contributed by atoms with van der Waals surface area (Å²) in [6.07, 6.45) is 1.31. The van der Waals surface area contributed by atoms with Crippen LogP contribution in [0, 0.1) is 0 Å². The van der Waals surface area contributed by atoms with E-state index in [0.29, 0.717) is 50.6 Å². The van der Waals surface area contributed by atoms with Crippen molar-refractivity contribution in [3.05, 3.63) is 24.3 Å². The Bertz CT molecular complexity index is 634. The second-order valence-electron chi connectivity index (χ2n) is 6.20. The quantitative estimate of drug-likeness (QED) is 0.794. The van der Waals surface area contributed by atoms with Crippen molar-refractivity contribution >= 4 is 11.8 Å². The van der Waals surface area contributed by atoms with Gasteiger partial charge < -0.3 is 29.2 Å². The number of rotatable bonds is 6. The molecule has 2 aliphatic heterocycles. The van der Waals surface area contributed by atoms with Crippen LogP contribution in [0.2, 0.25) is 0 Å². The van der Waals surface area contributed by atoms with Crippen LogP contribution in [0.1, 0.15) is 12.8 Å². The summed E-state index contributed by atoms with van der Waals surface area (Å²) in [5, 5.41) is 2.59. The first-order valence-electron chi connectivity index (χ1n) is 8.70. The van der Waals surface area contributed by atoms with E-state index < -0.39 is 5.79 Å². The highest BCUT2D eigenvalue weighted by Crippen LogP contribution is 2.31. The zero-order valence-electron chi connectivity index (χ0n) is 14.9. The molecule has 0 aromatic heterocycles. The first-order chi connectivity index (χ1) is 12.6. The molecule has 2 aliphatic rings. The zero-order chi connectivity index (χ0) is 18.4. The maximum Gasteiger partial charge on any atom is 0.258 e. The number of piperidine rings is 1. The molecule has 8 nitrogen and oxygen atoms in total. The van der Waals surface area contributed by atoms with Gasteiger partial charge in [0, 0.05) is 25.9 Å². The molecule has 26 heavy (non-hydrogen) atoms. The van der Waals surface area contributed by atoms with Crippen molar-refractivity contribution in [3.8, 4) is 11.5 Å². The smallest absolute Gasteiger partial charge is 0.258 e. The highest BCUT2D eigenvalue weighted by molar-refractivity contribution is 5.85. The van der Waals surface area contributed by atoms with Crippen LogP contribution in [0.3, 0.4) is 0 Å². The molecule has 1 spiro atoms. The van der Waals surface area contributed by atoms with E-state index in [1.165, 1.54) is 7.11 Å². The normalized spacial score (nSPS) is 18.6. The Morgan fingerprint density at radius 1 is 1.15 bits per heavy atom. The Balaban J connectivity index is 1.38. The number of methoxy groups -OCH3 is 1. The van der Waals surface area contributed by atoms with Crippen molar-refractivity contribution in [2.75, 3.05) is 46.6 Å². The summed E-state index contributed by atoms with van der Waals surface area (Å²) in [6.45, 7) is 2.10. The van der Waals surface area contributed by atoms with E-state index in [1.807, 2.05) is 6.07 Å². The van der Waals surface area contributed by atoms with Crippen molar-refractivity contribution in [2.24, 2.45) is 0 Å². The number of hydrogen-bond donors (Lipinski definition) is 1. The van der Waals surface area contributed by atoms with E-state index >= 15 is 0 Å². The van der Waals surface area contributed by atoms with Crippen molar-refractivity contribution in [2.45, 2.75) is 18.6 Å². The first kappa shape index (κ1) is 18.5. The molecule has 1 N–H and O–H groups in total. The molecular weight excluding hydrogens is 340 g/mol. The monoisotopic (exact) mass is 364 g/mol. The minimum Gasteiger partial charge on any atom is -0.493 e. The fourth-order valence-electron chi connectivity index (χ4n) is 3.10. The molecule has 0 saturated carbocycles. The molecule has 2 saturated heterocycles. The minimum atomic E-state index is -0.511. The number of para-hydroxylation sites is 2. The fraction of sp³-hybridized carbons (Fsp3) is 0.556. The molecule has 1 aromatic carbocycles. The van der Waals surface area contributed by atoms with Gasteiger partial charge in [0.25, 0.3) is 5.91 Å². The molecule has 1 aromatic rings. The lowest BCUT2D eigenvalue weighted by Gasteiger charge is -2.37. The van der Waals surface area contributed by atoms with Gasteiger partial charge in [0.1, 0.15) is 0 Å². The molecule has 2 fully saturated rings. The van der Waals surface area contributed by atoms with Crippen LogP contribution in [0.5, 0.6) is 11.5 Å². The van der Waals surface area contributed by atoms with E-state index in [1.54, 1.807) is 23.1 Å². The number of hydrogen-bond acceptors (Lipinski definition) is 6. The maximum atomic E-state index is 12.2.